The smallest absolute Gasteiger partial charge is 0.345 e. The van der Waals surface area contributed by atoms with Crippen molar-refractivity contribution in [1.29, 1.82) is 0 Å². The summed E-state index contributed by atoms with van der Waals surface area (Å²) in [6.45, 7) is 0. The largest absolute Gasteiger partial charge is 0.431 e. The Labute approximate surface area is 88.2 Å². The van der Waals surface area contributed by atoms with Gasteiger partial charge in [-0.2, -0.15) is 13.2 Å². The molecule has 1 N–H and O–H groups in total. The molecule has 84 valence electrons. The molecule has 2 nitrogen and oxygen atoms in total. The highest BCUT2D eigenvalue weighted by atomic mass is 79.9. The molecule has 0 fully saturated rings. The Hall–Kier alpha value is -0.920. The SMILES string of the molecule is O=c1cc(Br)[nH]c(C(F)(F)F)c1C(F)F. The molecule has 0 aliphatic carbocycles. The van der Waals surface area contributed by atoms with E-state index in [9.17, 15) is 26.7 Å². The van der Waals surface area contributed by atoms with E-state index in [1.54, 1.807) is 4.98 Å². The van der Waals surface area contributed by atoms with E-state index in [1.807, 2.05) is 0 Å². The second-order valence-electron chi connectivity index (χ2n) is 2.57. The number of aromatic amines is 1. The molecule has 0 aliphatic rings. The third kappa shape index (κ3) is 2.55. The summed E-state index contributed by atoms with van der Waals surface area (Å²) in [4.78, 5) is 12.6. The molecule has 0 spiro atoms. The van der Waals surface area contributed by atoms with E-state index in [-0.39, 0.29) is 4.60 Å². The summed E-state index contributed by atoms with van der Waals surface area (Å²) >= 11 is 2.59. The summed E-state index contributed by atoms with van der Waals surface area (Å²) in [6.07, 6.45) is -8.49. The Balaban J connectivity index is 3.55. The van der Waals surface area contributed by atoms with Crippen LogP contribution >= 0.6 is 15.9 Å². The van der Waals surface area contributed by atoms with Crippen LogP contribution in [0.25, 0.3) is 0 Å². The van der Waals surface area contributed by atoms with Gasteiger partial charge in [0, 0.05) is 6.07 Å². The van der Waals surface area contributed by atoms with Crippen LogP contribution in [0.2, 0.25) is 0 Å². The molecule has 0 bridgehead atoms. The number of rotatable bonds is 1. The Morgan fingerprint density at radius 2 is 1.87 bits per heavy atom. The number of hydrogen-bond donors (Lipinski definition) is 1. The summed E-state index contributed by atoms with van der Waals surface area (Å²) in [5.41, 5.74) is -4.65. The molecule has 1 heterocycles. The van der Waals surface area contributed by atoms with Crippen molar-refractivity contribution in [3.05, 3.63) is 32.2 Å². The van der Waals surface area contributed by atoms with Gasteiger partial charge >= 0.3 is 6.18 Å². The lowest BCUT2D eigenvalue weighted by Gasteiger charge is -2.11. The Morgan fingerprint density at radius 1 is 1.33 bits per heavy atom. The van der Waals surface area contributed by atoms with Gasteiger partial charge in [0.1, 0.15) is 5.69 Å². The maximum absolute atomic E-state index is 12.2. The lowest BCUT2D eigenvalue weighted by Crippen LogP contribution is -2.20. The summed E-state index contributed by atoms with van der Waals surface area (Å²) in [6, 6.07) is 0.622. The Morgan fingerprint density at radius 3 is 2.27 bits per heavy atom. The zero-order valence-electron chi connectivity index (χ0n) is 6.83. The highest BCUT2D eigenvalue weighted by Crippen LogP contribution is 2.33. The van der Waals surface area contributed by atoms with Gasteiger partial charge < -0.3 is 4.98 Å². The zero-order chi connectivity index (χ0) is 11.8. The fraction of sp³-hybridized carbons (Fsp3) is 0.286. The zero-order valence-corrected chi connectivity index (χ0v) is 8.42. The summed E-state index contributed by atoms with van der Waals surface area (Å²) in [5, 5.41) is 0. The van der Waals surface area contributed by atoms with Crippen LogP contribution in [0, 0.1) is 0 Å². The molecule has 0 saturated heterocycles. The normalized spacial score (nSPS) is 12.2. The van der Waals surface area contributed by atoms with Crippen molar-refractivity contribution >= 4 is 15.9 Å². The van der Waals surface area contributed by atoms with E-state index >= 15 is 0 Å². The third-order valence-corrected chi connectivity index (χ3v) is 1.97. The molecule has 15 heavy (non-hydrogen) atoms. The first-order chi connectivity index (χ1) is 6.73. The molecule has 0 aromatic carbocycles. The maximum atomic E-state index is 12.2. The maximum Gasteiger partial charge on any atom is 0.431 e. The van der Waals surface area contributed by atoms with E-state index < -0.39 is 29.3 Å². The van der Waals surface area contributed by atoms with Gasteiger partial charge in [-0.3, -0.25) is 4.79 Å². The van der Waals surface area contributed by atoms with Crippen molar-refractivity contribution in [1.82, 2.24) is 4.98 Å². The number of aromatic nitrogens is 1. The van der Waals surface area contributed by atoms with Crippen LogP contribution in [-0.4, -0.2) is 4.98 Å². The number of pyridine rings is 1. The minimum absolute atomic E-state index is 0.302. The predicted octanol–water partition coefficient (Wildman–Crippen LogP) is 3.09. The minimum atomic E-state index is -5.02. The van der Waals surface area contributed by atoms with Gasteiger partial charge in [0.25, 0.3) is 6.43 Å². The topological polar surface area (TPSA) is 32.9 Å². The van der Waals surface area contributed by atoms with Crippen LogP contribution in [0.5, 0.6) is 0 Å². The number of nitrogens with one attached hydrogen (secondary N) is 1. The van der Waals surface area contributed by atoms with E-state index in [0.717, 1.165) is 0 Å². The molecule has 0 amide bonds. The van der Waals surface area contributed by atoms with Crippen LogP contribution in [0.3, 0.4) is 0 Å². The fourth-order valence-electron chi connectivity index (χ4n) is 0.979. The van der Waals surface area contributed by atoms with Crippen molar-refractivity contribution in [2.75, 3.05) is 0 Å². The van der Waals surface area contributed by atoms with E-state index in [1.165, 1.54) is 0 Å². The number of alkyl halides is 5. The van der Waals surface area contributed by atoms with Gasteiger partial charge in [-0.25, -0.2) is 8.78 Å². The van der Waals surface area contributed by atoms with Crippen LogP contribution in [0.15, 0.2) is 15.5 Å². The number of H-pyrrole nitrogens is 1. The van der Waals surface area contributed by atoms with Crippen LogP contribution in [0.4, 0.5) is 22.0 Å². The lowest BCUT2D eigenvalue weighted by molar-refractivity contribution is -0.143. The van der Waals surface area contributed by atoms with Crippen LogP contribution in [0.1, 0.15) is 17.7 Å². The van der Waals surface area contributed by atoms with Crippen molar-refractivity contribution in [2.24, 2.45) is 0 Å². The summed E-state index contributed by atoms with van der Waals surface area (Å²) in [5.74, 6) is 0. The van der Waals surface area contributed by atoms with Gasteiger partial charge in [0.15, 0.2) is 5.43 Å². The Bertz CT molecular complexity index is 424. The van der Waals surface area contributed by atoms with Crippen LogP contribution in [-0.2, 0) is 6.18 Å². The van der Waals surface area contributed by atoms with E-state index in [4.69, 9.17) is 0 Å². The minimum Gasteiger partial charge on any atom is -0.345 e. The monoisotopic (exact) mass is 291 g/mol. The summed E-state index contributed by atoms with van der Waals surface area (Å²) < 4.78 is 60.9. The molecule has 1 aromatic rings. The standard InChI is InChI=1S/C7H3BrF5NO/c8-3-1-2(15)4(6(9)10)5(14-3)7(11,12)13/h1,6H,(H,14,15). The second-order valence-corrected chi connectivity index (χ2v) is 3.42. The van der Waals surface area contributed by atoms with Gasteiger partial charge in [0.2, 0.25) is 0 Å². The first-order valence-corrected chi connectivity index (χ1v) is 4.31. The lowest BCUT2D eigenvalue weighted by atomic mass is 10.2. The molecule has 0 unspecified atom stereocenters. The molecule has 0 radical (unpaired) electrons. The van der Waals surface area contributed by atoms with Crippen molar-refractivity contribution in [3.8, 4) is 0 Å². The number of hydrogen-bond acceptors (Lipinski definition) is 1. The second kappa shape index (κ2) is 3.92. The van der Waals surface area contributed by atoms with E-state index in [0.29, 0.717) is 6.07 Å². The van der Waals surface area contributed by atoms with Crippen molar-refractivity contribution in [2.45, 2.75) is 12.6 Å². The van der Waals surface area contributed by atoms with Crippen molar-refractivity contribution < 1.29 is 22.0 Å². The Kier molecular flexibility index (Phi) is 3.17. The average molecular weight is 292 g/mol. The van der Waals surface area contributed by atoms with Gasteiger partial charge in [-0.05, 0) is 15.9 Å². The molecule has 8 heteroatoms. The van der Waals surface area contributed by atoms with Gasteiger partial charge in [0.05, 0.1) is 10.2 Å². The molecule has 0 atom stereocenters. The van der Waals surface area contributed by atoms with E-state index in [2.05, 4.69) is 15.9 Å². The quantitative estimate of drug-likeness (QED) is 0.626. The fourth-order valence-corrected chi connectivity index (χ4v) is 1.39. The molecular weight excluding hydrogens is 289 g/mol. The first kappa shape index (κ1) is 12.2. The predicted molar refractivity (Wildman–Crippen MR) is 44.7 cm³/mol. The highest BCUT2D eigenvalue weighted by molar-refractivity contribution is 9.10. The molecule has 0 aliphatic heterocycles. The molecule has 0 saturated carbocycles. The van der Waals surface area contributed by atoms with Crippen LogP contribution < -0.4 is 5.43 Å². The molecular formula is C7H3BrF5NO. The van der Waals surface area contributed by atoms with Gasteiger partial charge in [-0.1, -0.05) is 0 Å². The third-order valence-electron chi connectivity index (χ3n) is 1.54. The first-order valence-electron chi connectivity index (χ1n) is 3.51. The van der Waals surface area contributed by atoms with Gasteiger partial charge in [-0.15, -0.1) is 0 Å². The molecule has 1 rings (SSSR count). The average Bonchev–Trinajstić information content (AvgIpc) is 1.99. The highest BCUT2D eigenvalue weighted by Gasteiger charge is 2.38. The number of halogens is 6. The van der Waals surface area contributed by atoms with Crippen molar-refractivity contribution in [3.63, 3.8) is 0 Å². The molecule has 1 aromatic heterocycles. The summed E-state index contributed by atoms with van der Waals surface area (Å²) in [7, 11) is 0.